The third kappa shape index (κ3) is 34.5. The first-order chi connectivity index (χ1) is 57.5. The molecule has 0 unspecified atom stereocenters. The van der Waals surface area contributed by atoms with Crippen LogP contribution in [0, 0.1) is 0 Å². The number of carbonyl (C=O) groups is 11. The summed E-state index contributed by atoms with van der Waals surface area (Å²) in [7, 11) is 11.2. The molecular weight excluding hydrogens is 1560 g/mol. The summed E-state index contributed by atoms with van der Waals surface area (Å²) >= 11 is 0. The number of hydrogen-bond acceptors (Lipinski definition) is 26. The number of ether oxygens (including phenoxy) is 11. The maximum absolute atomic E-state index is 13.4. The molecule has 0 saturated carbocycles. The van der Waals surface area contributed by atoms with Gasteiger partial charge in [0.25, 0.3) is 41.4 Å². The summed E-state index contributed by atoms with van der Waals surface area (Å²) in [5.74, 6) is -5.29. The Morgan fingerprint density at radius 2 is 0.605 bits per heavy atom. The molecule has 0 aliphatic carbocycles. The Kier molecular flexibility index (Phi) is 41.5. The highest BCUT2D eigenvalue weighted by atomic mass is 16.6. The summed E-state index contributed by atoms with van der Waals surface area (Å²) in [5, 5.41) is 29.4. The predicted octanol–water partition coefficient (Wildman–Crippen LogP) is 0.497. The predicted molar refractivity (Wildman–Crippen MR) is 429 cm³/mol. The first-order valence-electron chi connectivity index (χ1n) is 38.6. The molecule has 0 fully saturated rings. The lowest BCUT2D eigenvalue weighted by atomic mass is 10.3. The minimum absolute atomic E-state index is 0.0115. The number of amides is 11. The van der Waals surface area contributed by atoms with Crippen molar-refractivity contribution in [1.29, 1.82) is 0 Å². The van der Waals surface area contributed by atoms with Gasteiger partial charge in [-0.2, -0.15) is 0 Å². The summed E-state index contributed by atoms with van der Waals surface area (Å²) in [6.07, 6.45) is 11.9. The van der Waals surface area contributed by atoms with Gasteiger partial charge < -0.3 is 143 Å². The second-order valence-electron chi connectivity index (χ2n) is 26.3. The summed E-state index contributed by atoms with van der Waals surface area (Å²) in [4.78, 5) is 159. The molecule has 11 N–H and O–H groups in total. The van der Waals surface area contributed by atoms with Gasteiger partial charge in [0.05, 0.1) is 156 Å². The highest BCUT2D eigenvalue weighted by Crippen LogP contribution is 2.20. The zero-order chi connectivity index (χ0) is 85.7. The minimum atomic E-state index is -0.639. The lowest BCUT2D eigenvalue weighted by Crippen LogP contribution is -2.33. The normalized spacial score (nSPS) is 11.2. The molecule has 0 spiro atoms. The van der Waals surface area contributed by atoms with Crippen LogP contribution >= 0.6 is 0 Å². The number of hydrogen-bond donors (Lipinski definition) is 11. The van der Waals surface area contributed by atoms with Crippen molar-refractivity contribution in [3.8, 4) is 0 Å². The maximum Gasteiger partial charge on any atom is 0.291 e. The van der Waals surface area contributed by atoms with Gasteiger partial charge in [-0.15, -0.1) is 0 Å². The van der Waals surface area contributed by atoms with Crippen LogP contribution in [-0.2, 0) is 121 Å². The first-order valence-corrected chi connectivity index (χ1v) is 38.6. The molecular formula is C75H110N22O22. The molecule has 44 nitrogen and oxygen atoms in total. The fourth-order valence-electron chi connectivity index (χ4n) is 10.9. The van der Waals surface area contributed by atoms with Crippen LogP contribution in [-0.4, -0.2) is 295 Å². The van der Waals surface area contributed by atoms with E-state index in [2.05, 4.69) is 78.4 Å². The Morgan fingerprint density at radius 1 is 0.286 bits per heavy atom. The summed E-state index contributed by atoms with van der Waals surface area (Å²) in [5.41, 5.74) is 1.51. The molecule has 7 aromatic heterocycles. The monoisotopic (exact) mass is 1670 g/mol. The van der Waals surface area contributed by atoms with Crippen molar-refractivity contribution in [1.82, 2.24) is 78.5 Å². The third-order valence-corrected chi connectivity index (χ3v) is 16.8. The second-order valence-corrected chi connectivity index (χ2v) is 26.3. The van der Waals surface area contributed by atoms with E-state index in [9.17, 15) is 52.7 Å². The van der Waals surface area contributed by atoms with E-state index in [1.807, 2.05) is 6.92 Å². The number of aromatic nitrogens is 11. The van der Waals surface area contributed by atoms with E-state index in [1.165, 1.54) is 82.8 Å². The van der Waals surface area contributed by atoms with Gasteiger partial charge in [0, 0.05) is 164 Å². The van der Waals surface area contributed by atoms with Crippen molar-refractivity contribution in [3.05, 3.63) is 108 Å². The molecule has 7 rings (SSSR count). The number of carbonyl (C=O) groups excluding carboxylic acids is 11. The lowest BCUT2D eigenvalue weighted by Gasteiger charge is -2.09. The van der Waals surface area contributed by atoms with Crippen molar-refractivity contribution in [3.63, 3.8) is 0 Å². The zero-order valence-electron chi connectivity index (χ0n) is 68.4. The Bertz CT molecular complexity index is 4400. The molecule has 7 aromatic rings. The van der Waals surface area contributed by atoms with Gasteiger partial charge in [-0.3, -0.25) is 52.7 Å². The summed E-state index contributed by atoms with van der Waals surface area (Å²) < 4.78 is 70.3. The lowest BCUT2D eigenvalue weighted by molar-refractivity contribution is -0.121. The van der Waals surface area contributed by atoms with Crippen LogP contribution in [0.5, 0.6) is 0 Å². The van der Waals surface area contributed by atoms with Crippen molar-refractivity contribution in [2.24, 2.45) is 49.3 Å². The molecule has 0 aliphatic rings. The Labute approximate surface area is 686 Å². The molecule has 11 amide bonds. The Balaban J connectivity index is 0.657. The molecule has 119 heavy (non-hydrogen) atoms. The van der Waals surface area contributed by atoms with Crippen molar-refractivity contribution in [2.45, 2.75) is 39.0 Å². The van der Waals surface area contributed by atoms with E-state index in [-0.39, 0.29) is 147 Å². The SMILES string of the molecule is CCOCCOCCOCCOCCOCCOCCOCCOCCOCCOCCOCCNC(=O)CCNC(=O)c1nc(NC(=O)c2cc(NC(=O)CCNC(=O)c3nc(NC(=O)CCCNC(=O)c4cc(NC(=O)c5nc(NC(=O)CCNC(=O)c6cc(NC(=O)c7nccn7C)cn6C)cn5C)cn4C)cn3C)cn2C)cn1C. The molecule has 44 heteroatoms. The number of nitrogens with one attached hydrogen (secondary N) is 11. The smallest absolute Gasteiger partial charge is 0.291 e. The molecule has 0 atom stereocenters. The summed E-state index contributed by atoms with van der Waals surface area (Å²) in [6.45, 7) is 12.2. The fourth-order valence-corrected chi connectivity index (χ4v) is 10.9. The van der Waals surface area contributed by atoms with Gasteiger partial charge in [0.15, 0.2) is 23.3 Å². The van der Waals surface area contributed by atoms with Crippen LogP contribution in [0.25, 0.3) is 0 Å². The third-order valence-electron chi connectivity index (χ3n) is 16.8. The molecule has 0 aliphatic heterocycles. The first kappa shape index (κ1) is 94.6. The van der Waals surface area contributed by atoms with Crippen molar-refractivity contribution >= 4 is 99.5 Å². The van der Waals surface area contributed by atoms with Gasteiger partial charge in [0.1, 0.15) is 17.1 Å². The molecule has 0 radical (unpaired) electrons. The number of aryl methyl sites for hydroxylation is 7. The van der Waals surface area contributed by atoms with E-state index in [4.69, 9.17) is 52.1 Å². The minimum Gasteiger partial charge on any atom is -0.379 e. The van der Waals surface area contributed by atoms with E-state index in [0.29, 0.717) is 144 Å². The quantitative estimate of drug-likeness (QED) is 0.0231. The number of imidazole rings is 4. The molecule has 7 heterocycles. The van der Waals surface area contributed by atoms with E-state index in [0.717, 1.165) is 0 Å². The van der Waals surface area contributed by atoms with Gasteiger partial charge >= 0.3 is 0 Å². The largest absolute Gasteiger partial charge is 0.379 e. The number of nitrogens with zero attached hydrogens (tertiary/aromatic N) is 11. The topological polar surface area (TPSA) is 508 Å². The second kappa shape index (κ2) is 52.3. The molecule has 0 aromatic carbocycles. The number of rotatable bonds is 60. The fraction of sp³-hybridized carbons (Fsp3) is 0.533. The highest BCUT2D eigenvalue weighted by Gasteiger charge is 2.24. The Morgan fingerprint density at radius 3 is 1.00 bits per heavy atom. The molecule has 652 valence electrons. The summed E-state index contributed by atoms with van der Waals surface area (Å²) in [6, 6.07) is 4.38. The van der Waals surface area contributed by atoms with Crippen LogP contribution in [0.2, 0.25) is 0 Å². The zero-order valence-corrected chi connectivity index (χ0v) is 68.4. The average molecular weight is 1670 g/mol. The van der Waals surface area contributed by atoms with Crippen LogP contribution in [0.4, 0.5) is 34.5 Å². The van der Waals surface area contributed by atoms with E-state index >= 15 is 0 Å². The standard InChI is InChI=1S/C75H110N22O22/c1-9-109-23-24-111-27-28-113-31-32-115-35-36-117-39-40-119-42-41-118-38-37-116-34-33-114-30-29-112-26-25-110-22-20-76-61(98)12-16-80-73(106)67-89-60(51-96(67)7)90-71(104)57-43-52(46-94(57)5)82-63(100)13-18-81-72(105)66-87-58(49-95(66)6)85-62(99)11-10-15-78-69(102)55-45-54(48-92(55)3)84-75(108)68-88-59(50-97(68)8)86-64(101)14-17-79-70(103)56-44-53(47-93(56)4)83-74(107)65-77-19-21-91(65)2/h19,21,43-51H,9-18,20,22-42H2,1-8H3,(H,76,98)(H,78,102)(H,79,103)(H,80,106)(H,81,105)(H,82,100)(H,83,107)(H,84,108)(H,85,99)(H,86,101)(H,90,104). The van der Waals surface area contributed by atoms with Crippen LogP contribution in [0.3, 0.4) is 0 Å². The van der Waals surface area contributed by atoms with Gasteiger partial charge in [0.2, 0.25) is 41.1 Å². The van der Waals surface area contributed by atoms with Gasteiger partial charge in [-0.25, -0.2) is 19.9 Å². The maximum atomic E-state index is 13.4. The van der Waals surface area contributed by atoms with Crippen molar-refractivity contribution in [2.75, 3.05) is 210 Å². The van der Waals surface area contributed by atoms with Crippen molar-refractivity contribution < 1.29 is 105 Å². The average Bonchev–Trinajstić information content (AvgIpc) is 1.72. The van der Waals surface area contributed by atoms with E-state index < -0.39 is 59.1 Å². The Hall–Kier alpha value is -11.6. The van der Waals surface area contributed by atoms with Gasteiger partial charge in [-0.05, 0) is 31.5 Å². The highest BCUT2D eigenvalue weighted by molar-refractivity contribution is 6.06. The van der Waals surface area contributed by atoms with E-state index in [1.54, 1.807) is 66.3 Å². The van der Waals surface area contributed by atoms with Gasteiger partial charge in [-0.1, -0.05) is 0 Å². The van der Waals surface area contributed by atoms with Crippen LogP contribution < -0.4 is 58.5 Å². The van der Waals surface area contributed by atoms with Crippen LogP contribution in [0.15, 0.2) is 67.8 Å². The molecule has 0 bridgehead atoms. The molecule has 0 saturated heterocycles. The van der Waals surface area contributed by atoms with Crippen LogP contribution in [0.1, 0.15) is 113 Å². The number of anilines is 6.